The third-order valence-corrected chi connectivity index (χ3v) is 5.24. The first-order valence-electron chi connectivity index (χ1n) is 6.37. The van der Waals surface area contributed by atoms with Gasteiger partial charge in [0.05, 0.1) is 10.8 Å². The highest BCUT2D eigenvalue weighted by atomic mass is 32.2. The lowest BCUT2D eigenvalue weighted by molar-refractivity contribution is 0.253. The molecule has 0 radical (unpaired) electrons. The lowest BCUT2D eigenvalue weighted by atomic mass is 10.4. The highest BCUT2D eigenvalue weighted by Gasteiger charge is 2.15. The topological polar surface area (TPSA) is 74.3 Å². The van der Waals surface area contributed by atoms with Crippen LogP contribution >= 0.6 is 11.3 Å². The Balaban J connectivity index is 1.75. The van der Waals surface area contributed by atoms with Gasteiger partial charge in [0.2, 0.25) is 10.0 Å². The largest absolute Gasteiger partial charge is 0.314 e. The summed E-state index contributed by atoms with van der Waals surface area (Å²) in [4.78, 5) is 7.23. The Hall–Kier alpha value is -0.540. The van der Waals surface area contributed by atoms with E-state index in [1.54, 1.807) is 6.20 Å². The summed E-state index contributed by atoms with van der Waals surface area (Å²) in [6, 6.07) is 0. The second kappa shape index (κ2) is 6.76. The molecule has 0 saturated carbocycles. The molecular weight excluding hydrogens is 284 g/mol. The maximum absolute atomic E-state index is 11.9. The fourth-order valence-corrected chi connectivity index (χ4v) is 3.77. The number of rotatable bonds is 6. The summed E-state index contributed by atoms with van der Waals surface area (Å²) in [5.74, 6) is 0.158. The first-order chi connectivity index (χ1) is 9.05. The molecule has 19 heavy (non-hydrogen) atoms. The van der Waals surface area contributed by atoms with Gasteiger partial charge >= 0.3 is 0 Å². The van der Waals surface area contributed by atoms with Crippen molar-refractivity contribution in [2.24, 2.45) is 0 Å². The van der Waals surface area contributed by atoms with Crippen molar-refractivity contribution in [2.75, 3.05) is 38.5 Å². The van der Waals surface area contributed by atoms with E-state index in [1.165, 1.54) is 11.3 Å². The number of nitrogens with zero attached hydrogens (tertiary/aromatic N) is 2. The Labute approximate surface area is 118 Å². The second-order valence-electron chi connectivity index (χ2n) is 4.58. The predicted octanol–water partition coefficient (Wildman–Crippen LogP) is -0.224. The van der Waals surface area contributed by atoms with E-state index >= 15 is 0 Å². The highest BCUT2D eigenvalue weighted by Crippen LogP contribution is 2.11. The molecule has 0 aliphatic carbocycles. The van der Waals surface area contributed by atoms with Crippen LogP contribution in [0.15, 0.2) is 6.20 Å². The summed E-state index contributed by atoms with van der Waals surface area (Å²) in [5, 5.41) is 4.20. The molecule has 2 N–H and O–H groups in total. The normalized spacial score (nSPS) is 17.7. The zero-order chi connectivity index (χ0) is 13.7. The molecule has 1 saturated heterocycles. The van der Waals surface area contributed by atoms with Gasteiger partial charge in [-0.3, -0.25) is 4.90 Å². The van der Waals surface area contributed by atoms with Crippen LogP contribution in [0.25, 0.3) is 0 Å². The molecule has 1 aromatic rings. The van der Waals surface area contributed by atoms with Crippen LogP contribution in [-0.2, 0) is 16.6 Å². The summed E-state index contributed by atoms with van der Waals surface area (Å²) in [6.45, 7) is 6.57. The van der Waals surface area contributed by atoms with E-state index in [2.05, 4.69) is 19.9 Å². The summed E-state index contributed by atoms with van der Waals surface area (Å²) in [5.41, 5.74) is 0. The van der Waals surface area contributed by atoms with Crippen molar-refractivity contribution in [2.45, 2.75) is 13.5 Å². The van der Waals surface area contributed by atoms with Crippen LogP contribution < -0.4 is 10.0 Å². The van der Waals surface area contributed by atoms with Crippen LogP contribution in [-0.4, -0.2) is 56.8 Å². The molecule has 8 heteroatoms. The van der Waals surface area contributed by atoms with E-state index in [1.807, 2.05) is 6.92 Å². The van der Waals surface area contributed by atoms with E-state index in [4.69, 9.17) is 0 Å². The van der Waals surface area contributed by atoms with Gasteiger partial charge in [0.25, 0.3) is 0 Å². The van der Waals surface area contributed by atoms with Crippen molar-refractivity contribution in [1.82, 2.24) is 19.9 Å². The van der Waals surface area contributed by atoms with Crippen molar-refractivity contribution in [3.8, 4) is 0 Å². The lowest BCUT2D eigenvalue weighted by Gasteiger charge is -2.26. The molecule has 0 aromatic carbocycles. The standard InChI is InChI=1S/C11H20N4O2S2/c1-10-13-8-11(18-10)9-14-19(16,17)7-6-15-4-2-12-3-5-15/h8,12,14H,2-7,9H2,1H3. The van der Waals surface area contributed by atoms with Crippen LogP contribution in [0.2, 0.25) is 0 Å². The molecule has 1 aliphatic heterocycles. The molecule has 0 unspecified atom stereocenters. The Kier molecular flexibility index (Phi) is 5.28. The average molecular weight is 304 g/mol. The first-order valence-corrected chi connectivity index (χ1v) is 8.84. The van der Waals surface area contributed by atoms with Gasteiger partial charge in [0.1, 0.15) is 0 Å². The molecule has 1 aromatic heterocycles. The second-order valence-corrected chi connectivity index (χ2v) is 7.82. The SMILES string of the molecule is Cc1ncc(CNS(=O)(=O)CCN2CCNCC2)s1. The highest BCUT2D eigenvalue weighted by molar-refractivity contribution is 7.89. The van der Waals surface area contributed by atoms with Crippen molar-refractivity contribution >= 4 is 21.4 Å². The summed E-state index contributed by atoms with van der Waals surface area (Å²) in [7, 11) is -3.20. The van der Waals surface area contributed by atoms with Crippen molar-refractivity contribution in [3.63, 3.8) is 0 Å². The van der Waals surface area contributed by atoms with Gasteiger partial charge in [-0.25, -0.2) is 18.1 Å². The van der Waals surface area contributed by atoms with Gasteiger partial charge in [-0.2, -0.15) is 0 Å². The third kappa shape index (κ3) is 5.15. The van der Waals surface area contributed by atoms with E-state index in [-0.39, 0.29) is 5.75 Å². The van der Waals surface area contributed by atoms with Crippen LogP contribution in [0.3, 0.4) is 0 Å². The van der Waals surface area contributed by atoms with E-state index in [9.17, 15) is 8.42 Å². The summed E-state index contributed by atoms with van der Waals surface area (Å²) >= 11 is 1.52. The summed E-state index contributed by atoms with van der Waals surface area (Å²) < 4.78 is 26.4. The van der Waals surface area contributed by atoms with Crippen molar-refractivity contribution in [3.05, 3.63) is 16.1 Å². The van der Waals surface area contributed by atoms with Crippen molar-refractivity contribution < 1.29 is 8.42 Å². The number of nitrogens with one attached hydrogen (secondary N) is 2. The number of thiazole rings is 1. The zero-order valence-corrected chi connectivity index (χ0v) is 12.7. The third-order valence-electron chi connectivity index (χ3n) is 3.02. The lowest BCUT2D eigenvalue weighted by Crippen LogP contribution is -2.45. The van der Waals surface area contributed by atoms with Crippen LogP contribution in [0, 0.1) is 6.92 Å². The van der Waals surface area contributed by atoms with Crippen molar-refractivity contribution in [1.29, 1.82) is 0 Å². The Morgan fingerprint density at radius 3 is 2.84 bits per heavy atom. The Bertz CT molecular complexity index is 495. The Morgan fingerprint density at radius 1 is 1.47 bits per heavy atom. The number of aromatic nitrogens is 1. The molecular formula is C11H20N4O2S2. The van der Waals surface area contributed by atoms with Gasteiger partial charge < -0.3 is 5.32 Å². The maximum atomic E-state index is 11.9. The average Bonchev–Trinajstić information content (AvgIpc) is 2.82. The van der Waals surface area contributed by atoms with E-state index in [0.717, 1.165) is 36.1 Å². The fourth-order valence-electron chi connectivity index (χ4n) is 1.92. The van der Waals surface area contributed by atoms with Gasteiger partial charge in [0.15, 0.2) is 0 Å². The maximum Gasteiger partial charge on any atom is 0.213 e. The van der Waals surface area contributed by atoms with Gasteiger partial charge in [-0.15, -0.1) is 11.3 Å². The molecule has 6 nitrogen and oxygen atoms in total. The number of hydrogen-bond donors (Lipinski definition) is 2. The van der Waals surface area contributed by atoms with Crippen LogP contribution in [0.5, 0.6) is 0 Å². The predicted molar refractivity (Wildman–Crippen MR) is 76.8 cm³/mol. The quantitative estimate of drug-likeness (QED) is 0.760. The monoisotopic (exact) mass is 304 g/mol. The molecule has 0 atom stereocenters. The summed E-state index contributed by atoms with van der Waals surface area (Å²) in [6.07, 6.45) is 1.72. The minimum atomic E-state index is -3.20. The van der Waals surface area contributed by atoms with E-state index in [0.29, 0.717) is 13.1 Å². The molecule has 2 heterocycles. The molecule has 1 aliphatic rings. The number of piperazine rings is 1. The smallest absolute Gasteiger partial charge is 0.213 e. The minimum Gasteiger partial charge on any atom is -0.314 e. The molecule has 108 valence electrons. The van der Waals surface area contributed by atoms with Crippen LogP contribution in [0.4, 0.5) is 0 Å². The first kappa shape index (κ1) is 14.9. The zero-order valence-electron chi connectivity index (χ0n) is 11.1. The van der Waals surface area contributed by atoms with Crippen LogP contribution in [0.1, 0.15) is 9.88 Å². The van der Waals surface area contributed by atoms with Gasteiger partial charge in [-0.05, 0) is 6.92 Å². The van der Waals surface area contributed by atoms with E-state index < -0.39 is 10.0 Å². The van der Waals surface area contributed by atoms with Gasteiger partial charge in [-0.1, -0.05) is 0 Å². The molecule has 0 bridgehead atoms. The minimum absolute atomic E-state index is 0.158. The Morgan fingerprint density at radius 2 is 2.21 bits per heavy atom. The number of aryl methyl sites for hydroxylation is 1. The fraction of sp³-hybridized carbons (Fsp3) is 0.727. The van der Waals surface area contributed by atoms with Gasteiger partial charge in [0, 0.05) is 50.3 Å². The number of hydrogen-bond acceptors (Lipinski definition) is 6. The molecule has 0 amide bonds. The molecule has 1 fully saturated rings. The molecule has 2 rings (SSSR count). The number of sulfonamides is 1. The molecule has 0 spiro atoms.